The zero-order valence-electron chi connectivity index (χ0n) is 12.0. The molecule has 6 heteroatoms. The van der Waals surface area contributed by atoms with E-state index in [1.165, 1.54) is 0 Å². The number of nitrogens with zero attached hydrogens (tertiary/aromatic N) is 4. The summed E-state index contributed by atoms with van der Waals surface area (Å²) >= 11 is 0. The van der Waals surface area contributed by atoms with Gasteiger partial charge in [-0.15, -0.1) is 0 Å². The highest BCUT2D eigenvalue weighted by molar-refractivity contribution is 5.17. The van der Waals surface area contributed by atoms with E-state index < -0.39 is 0 Å². The van der Waals surface area contributed by atoms with E-state index in [-0.39, 0.29) is 5.41 Å². The fraction of sp³-hybridized carbons (Fsp3) is 0.533. The first-order valence-corrected chi connectivity index (χ1v) is 7.27. The summed E-state index contributed by atoms with van der Waals surface area (Å²) in [5.74, 6) is 1.83. The van der Waals surface area contributed by atoms with Crippen molar-refractivity contribution in [3.8, 4) is 0 Å². The Morgan fingerprint density at radius 1 is 1.43 bits per heavy atom. The third kappa shape index (κ3) is 2.15. The molecule has 0 unspecified atom stereocenters. The number of ether oxygens (including phenoxy) is 1. The van der Waals surface area contributed by atoms with Crippen LogP contribution in [0.1, 0.15) is 17.4 Å². The van der Waals surface area contributed by atoms with Crippen molar-refractivity contribution in [1.29, 1.82) is 0 Å². The van der Waals surface area contributed by atoms with E-state index in [0.717, 1.165) is 37.8 Å². The molecule has 2 fully saturated rings. The van der Waals surface area contributed by atoms with Gasteiger partial charge in [0.25, 0.3) is 0 Å². The van der Waals surface area contributed by atoms with Gasteiger partial charge in [0.05, 0.1) is 24.3 Å². The van der Waals surface area contributed by atoms with Crippen LogP contribution < -0.4 is 0 Å². The van der Waals surface area contributed by atoms with Crippen molar-refractivity contribution in [2.24, 2.45) is 5.92 Å². The Labute approximate surface area is 123 Å². The molecule has 2 aliphatic heterocycles. The molecule has 110 valence electrons. The largest absolute Gasteiger partial charge is 0.380 e. The molecular weight excluding hydrogens is 268 g/mol. The summed E-state index contributed by atoms with van der Waals surface area (Å²) in [6.07, 6.45) is 1.84. The first-order chi connectivity index (χ1) is 10.3. The fourth-order valence-corrected chi connectivity index (χ4v) is 3.48. The molecule has 0 N–H and O–H groups in total. The van der Waals surface area contributed by atoms with Crippen molar-refractivity contribution >= 4 is 0 Å². The highest BCUT2D eigenvalue weighted by Gasteiger charge is 2.55. The van der Waals surface area contributed by atoms with Crippen LogP contribution in [-0.4, -0.2) is 46.3 Å². The summed E-state index contributed by atoms with van der Waals surface area (Å²) in [5, 5.41) is 3.95. The molecule has 4 rings (SSSR count). The van der Waals surface area contributed by atoms with Crippen LogP contribution in [0.25, 0.3) is 0 Å². The lowest BCUT2D eigenvalue weighted by atomic mass is 9.81. The third-order valence-electron chi connectivity index (χ3n) is 4.51. The molecular formula is C15H18N4O2. The number of aryl methyl sites for hydroxylation is 1. The predicted molar refractivity (Wildman–Crippen MR) is 74.5 cm³/mol. The van der Waals surface area contributed by atoms with Gasteiger partial charge in [0.15, 0.2) is 5.82 Å². The zero-order valence-corrected chi connectivity index (χ0v) is 12.0. The van der Waals surface area contributed by atoms with Crippen molar-refractivity contribution in [1.82, 2.24) is 20.0 Å². The molecule has 0 amide bonds. The monoisotopic (exact) mass is 286 g/mol. The van der Waals surface area contributed by atoms with Gasteiger partial charge in [0.2, 0.25) is 5.89 Å². The van der Waals surface area contributed by atoms with Crippen molar-refractivity contribution in [3.05, 3.63) is 41.8 Å². The Morgan fingerprint density at radius 2 is 2.38 bits per heavy atom. The molecule has 2 aromatic rings. The number of hydrogen-bond donors (Lipinski definition) is 0. The van der Waals surface area contributed by atoms with E-state index in [1.807, 2.05) is 25.3 Å². The maximum atomic E-state index is 5.71. The average molecular weight is 286 g/mol. The SMILES string of the molecule is Cc1noc([C@@]23COC[C@@H]2CN(Cc2ccccn2)C3)n1. The molecule has 0 aromatic carbocycles. The van der Waals surface area contributed by atoms with Crippen LogP contribution in [-0.2, 0) is 16.7 Å². The van der Waals surface area contributed by atoms with E-state index >= 15 is 0 Å². The minimum Gasteiger partial charge on any atom is -0.380 e. The van der Waals surface area contributed by atoms with Crippen LogP contribution >= 0.6 is 0 Å². The van der Waals surface area contributed by atoms with Gasteiger partial charge in [0, 0.05) is 31.7 Å². The summed E-state index contributed by atoms with van der Waals surface area (Å²) in [4.78, 5) is 11.3. The summed E-state index contributed by atoms with van der Waals surface area (Å²) < 4.78 is 11.2. The van der Waals surface area contributed by atoms with Crippen LogP contribution in [0.15, 0.2) is 28.9 Å². The normalized spacial score (nSPS) is 28.9. The van der Waals surface area contributed by atoms with E-state index in [0.29, 0.717) is 18.3 Å². The number of rotatable bonds is 3. The van der Waals surface area contributed by atoms with E-state index in [1.54, 1.807) is 0 Å². The molecule has 2 aromatic heterocycles. The molecule has 0 radical (unpaired) electrons. The second kappa shape index (κ2) is 4.89. The number of likely N-dealkylation sites (tertiary alicyclic amines) is 1. The Morgan fingerprint density at radius 3 is 3.14 bits per heavy atom. The standard InChI is InChI=1S/C15H18N4O2/c1-11-17-14(21-18-11)15-9-19(6-12(15)8-20-10-15)7-13-4-2-3-5-16-13/h2-5,12H,6-10H2,1H3/t12-,15-/m0/s1. The molecule has 6 nitrogen and oxygen atoms in total. The van der Waals surface area contributed by atoms with Crippen molar-refractivity contribution in [2.75, 3.05) is 26.3 Å². The maximum Gasteiger partial charge on any atom is 0.236 e. The minimum atomic E-state index is -0.143. The summed E-state index contributed by atoms with van der Waals surface area (Å²) in [5.41, 5.74) is 0.950. The zero-order chi connectivity index (χ0) is 14.3. The van der Waals surface area contributed by atoms with Crippen LogP contribution in [0.3, 0.4) is 0 Å². The van der Waals surface area contributed by atoms with Gasteiger partial charge < -0.3 is 9.26 Å². The predicted octanol–water partition coefficient (Wildman–Crippen LogP) is 1.17. The van der Waals surface area contributed by atoms with Gasteiger partial charge in [-0.05, 0) is 19.1 Å². The topological polar surface area (TPSA) is 64.3 Å². The lowest BCUT2D eigenvalue weighted by Crippen LogP contribution is -2.35. The van der Waals surface area contributed by atoms with Crippen molar-refractivity contribution in [3.63, 3.8) is 0 Å². The molecule has 2 saturated heterocycles. The number of hydrogen-bond acceptors (Lipinski definition) is 6. The summed E-state index contributed by atoms with van der Waals surface area (Å²) in [6, 6.07) is 6.03. The maximum absolute atomic E-state index is 5.71. The molecule has 2 aliphatic rings. The molecule has 4 heterocycles. The minimum absolute atomic E-state index is 0.143. The van der Waals surface area contributed by atoms with Crippen molar-refractivity contribution in [2.45, 2.75) is 18.9 Å². The average Bonchev–Trinajstić information content (AvgIpc) is 3.14. The van der Waals surface area contributed by atoms with E-state index in [4.69, 9.17) is 9.26 Å². The second-order valence-electron chi connectivity index (χ2n) is 6.01. The quantitative estimate of drug-likeness (QED) is 0.844. The Balaban J connectivity index is 1.57. The lowest BCUT2D eigenvalue weighted by Gasteiger charge is -2.22. The number of aromatic nitrogens is 3. The van der Waals surface area contributed by atoms with Gasteiger partial charge in [0.1, 0.15) is 0 Å². The molecule has 0 aliphatic carbocycles. The first kappa shape index (κ1) is 12.9. The van der Waals surface area contributed by atoms with Crippen LogP contribution in [0, 0.1) is 12.8 Å². The van der Waals surface area contributed by atoms with Gasteiger partial charge in [-0.2, -0.15) is 4.98 Å². The Kier molecular flexibility index (Phi) is 3.01. The lowest BCUT2D eigenvalue weighted by molar-refractivity contribution is 0.137. The van der Waals surface area contributed by atoms with Crippen LogP contribution in [0.5, 0.6) is 0 Å². The Bertz CT molecular complexity index is 630. The van der Waals surface area contributed by atoms with E-state index in [9.17, 15) is 0 Å². The highest BCUT2D eigenvalue weighted by Crippen LogP contribution is 2.43. The van der Waals surface area contributed by atoms with Gasteiger partial charge >= 0.3 is 0 Å². The molecule has 0 saturated carbocycles. The second-order valence-corrected chi connectivity index (χ2v) is 6.01. The Hall–Kier alpha value is -1.79. The smallest absolute Gasteiger partial charge is 0.236 e. The number of fused-ring (bicyclic) bond motifs is 1. The number of pyridine rings is 1. The van der Waals surface area contributed by atoms with Crippen molar-refractivity contribution < 1.29 is 9.26 Å². The highest BCUT2D eigenvalue weighted by atomic mass is 16.5. The molecule has 21 heavy (non-hydrogen) atoms. The van der Waals surface area contributed by atoms with E-state index in [2.05, 4.69) is 26.1 Å². The molecule has 0 spiro atoms. The van der Waals surface area contributed by atoms with Crippen LogP contribution in [0.4, 0.5) is 0 Å². The summed E-state index contributed by atoms with van der Waals surface area (Å²) in [7, 11) is 0. The van der Waals surface area contributed by atoms with Gasteiger partial charge in [-0.1, -0.05) is 11.2 Å². The van der Waals surface area contributed by atoms with Crippen LogP contribution in [0.2, 0.25) is 0 Å². The summed E-state index contributed by atoms with van der Waals surface area (Å²) in [6.45, 7) is 6.01. The third-order valence-corrected chi connectivity index (χ3v) is 4.51. The first-order valence-electron chi connectivity index (χ1n) is 7.27. The molecule has 2 atom stereocenters. The van der Waals surface area contributed by atoms with Gasteiger partial charge in [-0.25, -0.2) is 0 Å². The fourth-order valence-electron chi connectivity index (χ4n) is 3.48. The molecule has 0 bridgehead atoms. The van der Waals surface area contributed by atoms with Gasteiger partial charge in [-0.3, -0.25) is 9.88 Å².